The van der Waals surface area contributed by atoms with Crippen LogP contribution in [0.4, 0.5) is 11.8 Å². The molecule has 4 atom stereocenters. The molecule has 1 fully saturated rings. The lowest BCUT2D eigenvalue weighted by Gasteiger charge is -2.18. The summed E-state index contributed by atoms with van der Waals surface area (Å²) in [5.74, 6) is 0.316. The number of ether oxygens (including phenoxy) is 1. The molecule has 11 nitrogen and oxygen atoms in total. The van der Waals surface area contributed by atoms with Crippen molar-refractivity contribution in [1.82, 2.24) is 19.5 Å². The number of fused-ring (bicyclic) bond motifs is 1. The fraction of sp³-hybridized carbons (Fsp3) is 0.294. The van der Waals surface area contributed by atoms with Crippen molar-refractivity contribution < 1.29 is 20.1 Å². The number of anilines is 2. The van der Waals surface area contributed by atoms with Crippen molar-refractivity contribution in [2.45, 2.75) is 24.5 Å². The van der Waals surface area contributed by atoms with Gasteiger partial charge in [0.1, 0.15) is 24.6 Å². The molecule has 12 heteroatoms. The number of hydrazone groups is 1. The first-order valence-electron chi connectivity index (χ1n) is 8.65. The van der Waals surface area contributed by atoms with Crippen molar-refractivity contribution >= 4 is 45.1 Å². The zero-order valence-corrected chi connectivity index (χ0v) is 16.5. The van der Waals surface area contributed by atoms with Gasteiger partial charge in [0.25, 0.3) is 0 Å². The SMILES string of the molecule is Nc1ncnc2c1nc(N/N=C/c1ccc(Br)cc1)n2[C@@H]1O[C@H](CO)[C@@H](O)[C@H]1O. The molecular formula is C17H18BrN7O4. The maximum atomic E-state index is 10.4. The Bertz CT molecular complexity index is 1040. The van der Waals surface area contributed by atoms with E-state index in [1.165, 1.54) is 10.9 Å². The van der Waals surface area contributed by atoms with Crippen LogP contribution in [0.5, 0.6) is 0 Å². The van der Waals surface area contributed by atoms with Gasteiger partial charge in [-0.3, -0.25) is 4.57 Å². The highest BCUT2D eigenvalue weighted by molar-refractivity contribution is 9.10. The summed E-state index contributed by atoms with van der Waals surface area (Å²) in [6, 6.07) is 7.50. The molecule has 6 N–H and O–H groups in total. The van der Waals surface area contributed by atoms with Crippen LogP contribution in [0.1, 0.15) is 11.8 Å². The molecular weight excluding hydrogens is 446 g/mol. The number of benzene rings is 1. The van der Waals surface area contributed by atoms with Gasteiger partial charge >= 0.3 is 0 Å². The van der Waals surface area contributed by atoms with Crippen LogP contribution in [0.3, 0.4) is 0 Å². The fourth-order valence-electron chi connectivity index (χ4n) is 3.05. The molecule has 1 aliphatic rings. The Hall–Kier alpha value is -2.64. The van der Waals surface area contributed by atoms with E-state index >= 15 is 0 Å². The third-order valence-corrected chi connectivity index (χ3v) is 5.05. The van der Waals surface area contributed by atoms with Gasteiger partial charge in [-0.2, -0.15) is 5.10 Å². The number of hydrogen-bond donors (Lipinski definition) is 5. The van der Waals surface area contributed by atoms with Gasteiger partial charge in [-0.15, -0.1) is 0 Å². The van der Waals surface area contributed by atoms with Crippen LogP contribution in [0.15, 0.2) is 40.2 Å². The first-order valence-corrected chi connectivity index (χ1v) is 9.44. The monoisotopic (exact) mass is 463 g/mol. The molecule has 1 aliphatic heterocycles. The Balaban J connectivity index is 1.71. The number of aliphatic hydroxyl groups is 3. The van der Waals surface area contributed by atoms with Gasteiger partial charge in [0.15, 0.2) is 23.2 Å². The van der Waals surface area contributed by atoms with Crippen LogP contribution in [-0.4, -0.2) is 66.0 Å². The van der Waals surface area contributed by atoms with Crippen LogP contribution in [0, 0.1) is 0 Å². The number of nitrogen functional groups attached to an aromatic ring is 1. The second kappa shape index (κ2) is 8.00. The van der Waals surface area contributed by atoms with Crippen molar-refractivity contribution in [3.8, 4) is 0 Å². The highest BCUT2D eigenvalue weighted by atomic mass is 79.9. The van der Waals surface area contributed by atoms with Gasteiger partial charge in [-0.25, -0.2) is 20.4 Å². The van der Waals surface area contributed by atoms with Crippen LogP contribution >= 0.6 is 15.9 Å². The van der Waals surface area contributed by atoms with Gasteiger partial charge < -0.3 is 25.8 Å². The van der Waals surface area contributed by atoms with E-state index in [9.17, 15) is 15.3 Å². The summed E-state index contributed by atoms with van der Waals surface area (Å²) >= 11 is 3.37. The van der Waals surface area contributed by atoms with Crippen molar-refractivity contribution in [2.75, 3.05) is 17.8 Å². The van der Waals surface area contributed by atoms with E-state index in [0.717, 1.165) is 10.0 Å². The van der Waals surface area contributed by atoms with E-state index in [1.807, 2.05) is 24.3 Å². The van der Waals surface area contributed by atoms with Gasteiger partial charge in [0, 0.05) is 4.47 Å². The summed E-state index contributed by atoms with van der Waals surface area (Å²) in [5, 5.41) is 34.1. The first-order chi connectivity index (χ1) is 14.0. The van der Waals surface area contributed by atoms with E-state index in [2.05, 4.69) is 41.4 Å². The van der Waals surface area contributed by atoms with Crippen LogP contribution in [-0.2, 0) is 4.74 Å². The molecule has 3 heterocycles. The molecule has 0 bridgehead atoms. The summed E-state index contributed by atoms with van der Waals surface area (Å²) in [4.78, 5) is 12.4. The van der Waals surface area contributed by atoms with Gasteiger partial charge in [-0.05, 0) is 17.7 Å². The number of nitrogens with zero attached hydrogens (tertiary/aromatic N) is 5. The first kappa shape index (κ1) is 19.7. The minimum Gasteiger partial charge on any atom is -0.394 e. The third kappa shape index (κ3) is 3.68. The van der Waals surface area contributed by atoms with Crippen LogP contribution in [0.2, 0.25) is 0 Å². The lowest BCUT2D eigenvalue weighted by atomic mass is 10.1. The molecule has 0 unspecified atom stereocenters. The average molecular weight is 464 g/mol. The maximum Gasteiger partial charge on any atom is 0.228 e. The number of hydrogen-bond acceptors (Lipinski definition) is 10. The lowest BCUT2D eigenvalue weighted by Crippen LogP contribution is -2.33. The molecule has 2 aromatic heterocycles. The van der Waals surface area contributed by atoms with Crippen LogP contribution in [0.25, 0.3) is 11.2 Å². The molecule has 1 saturated heterocycles. The predicted octanol–water partition coefficient (Wildman–Crippen LogP) is 0.228. The molecule has 152 valence electrons. The fourth-order valence-corrected chi connectivity index (χ4v) is 3.32. The molecule has 0 saturated carbocycles. The highest BCUT2D eigenvalue weighted by Gasteiger charge is 2.45. The van der Waals surface area contributed by atoms with Crippen molar-refractivity contribution in [2.24, 2.45) is 5.10 Å². The van der Waals surface area contributed by atoms with Crippen molar-refractivity contribution in [1.29, 1.82) is 0 Å². The number of aliphatic hydroxyl groups excluding tert-OH is 3. The minimum absolute atomic E-state index is 0.139. The van der Waals surface area contributed by atoms with Gasteiger partial charge in [0.05, 0.1) is 12.8 Å². The molecule has 0 amide bonds. The van der Waals surface area contributed by atoms with E-state index in [4.69, 9.17) is 10.5 Å². The Labute approximate surface area is 173 Å². The lowest BCUT2D eigenvalue weighted by molar-refractivity contribution is -0.0501. The quantitative estimate of drug-likeness (QED) is 0.263. The molecule has 1 aromatic carbocycles. The normalized spacial score (nSPS) is 24.6. The Kier molecular flexibility index (Phi) is 5.43. The highest BCUT2D eigenvalue weighted by Crippen LogP contribution is 2.35. The van der Waals surface area contributed by atoms with E-state index < -0.39 is 31.1 Å². The average Bonchev–Trinajstić information content (AvgIpc) is 3.22. The van der Waals surface area contributed by atoms with Gasteiger partial charge in [-0.1, -0.05) is 28.1 Å². The zero-order chi connectivity index (χ0) is 20.5. The molecule has 29 heavy (non-hydrogen) atoms. The summed E-state index contributed by atoms with van der Waals surface area (Å²) < 4.78 is 7.99. The summed E-state index contributed by atoms with van der Waals surface area (Å²) in [6.45, 7) is -0.455. The third-order valence-electron chi connectivity index (χ3n) is 4.53. The predicted molar refractivity (Wildman–Crippen MR) is 108 cm³/mol. The Morgan fingerprint density at radius 3 is 2.69 bits per heavy atom. The standard InChI is InChI=1S/C17H18BrN7O4/c18-9-3-1-8(2-4-9)5-22-24-17-23-11-14(19)20-7-21-15(11)25(17)16-13(28)12(27)10(6-26)29-16/h1-5,7,10,12-13,16,26-28H,6H2,(H,23,24)(H2,19,20,21)/b22-5+/t10-,12-,13-,16-/m1/s1. The minimum atomic E-state index is -1.32. The number of nitrogens with one attached hydrogen (secondary N) is 1. The van der Waals surface area contributed by atoms with Crippen molar-refractivity contribution in [3.05, 3.63) is 40.6 Å². The van der Waals surface area contributed by atoms with Gasteiger partial charge in [0.2, 0.25) is 5.95 Å². The number of halogens is 1. The number of imidazole rings is 1. The zero-order valence-electron chi connectivity index (χ0n) is 14.9. The Morgan fingerprint density at radius 2 is 2.00 bits per heavy atom. The number of rotatable bonds is 5. The van der Waals surface area contributed by atoms with Crippen molar-refractivity contribution in [3.63, 3.8) is 0 Å². The molecule has 0 spiro atoms. The smallest absolute Gasteiger partial charge is 0.228 e. The summed E-state index contributed by atoms with van der Waals surface area (Å²) in [6.07, 6.45) is -1.77. The largest absolute Gasteiger partial charge is 0.394 e. The van der Waals surface area contributed by atoms with E-state index in [1.54, 1.807) is 6.21 Å². The topological polar surface area (TPSA) is 164 Å². The van der Waals surface area contributed by atoms with E-state index in [-0.39, 0.29) is 22.9 Å². The Morgan fingerprint density at radius 1 is 1.24 bits per heavy atom. The molecule has 3 aromatic rings. The number of nitrogens with two attached hydrogens (primary N) is 1. The second-order valence-corrected chi connectivity index (χ2v) is 7.30. The summed E-state index contributed by atoms with van der Waals surface area (Å²) in [7, 11) is 0. The molecule has 4 rings (SSSR count). The number of aromatic nitrogens is 4. The maximum absolute atomic E-state index is 10.4. The molecule has 0 aliphatic carbocycles. The van der Waals surface area contributed by atoms with E-state index in [0.29, 0.717) is 0 Å². The summed E-state index contributed by atoms with van der Waals surface area (Å²) in [5.41, 5.74) is 10.1. The molecule has 0 radical (unpaired) electrons. The van der Waals surface area contributed by atoms with Crippen LogP contribution < -0.4 is 11.2 Å². The second-order valence-electron chi connectivity index (χ2n) is 6.39.